The van der Waals surface area contributed by atoms with Crippen LogP contribution in [0.1, 0.15) is 18.9 Å². The number of aliphatic hydroxyl groups is 1. The van der Waals surface area contributed by atoms with Crippen molar-refractivity contribution < 1.29 is 5.11 Å². The molecule has 0 radical (unpaired) electrons. The monoisotopic (exact) mass is 248 g/mol. The zero-order valence-corrected chi connectivity index (χ0v) is 11.2. The number of nitrogens with one attached hydrogen (secondary N) is 1. The lowest BCUT2D eigenvalue weighted by Crippen LogP contribution is -2.41. The van der Waals surface area contributed by atoms with E-state index >= 15 is 0 Å². The molecule has 100 valence electrons. The summed E-state index contributed by atoms with van der Waals surface area (Å²) < 4.78 is 0. The third-order valence-corrected chi connectivity index (χ3v) is 3.91. The first-order valence-electron chi connectivity index (χ1n) is 6.94. The quantitative estimate of drug-likeness (QED) is 0.800. The molecule has 18 heavy (non-hydrogen) atoms. The van der Waals surface area contributed by atoms with E-state index in [2.05, 4.69) is 41.4 Å². The van der Waals surface area contributed by atoms with Crippen LogP contribution < -0.4 is 5.32 Å². The number of nitrogens with zero attached hydrogens (tertiary/aromatic N) is 1. The van der Waals surface area contributed by atoms with Crippen molar-refractivity contribution in [2.24, 2.45) is 5.92 Å². The van der Waals surface area contributed by atoms with E-state index in [-0.39, 0.29) is 6.61 Å². The van der Waals surface area contributed by atoms with Gasteiger partial charge in [-0.05, 0) is 18.0 Å². The predicted octanol–water partition coefficient (Wildman–Crippen LogP) is 1.48. The van der Waals surface area contributed by atoms with Gasteiger partial charge >= 0.3 is 0 Å². The fourth-order valence-electron chi connectivity index (χ4n) is 2.87. The van der Waals surface area contributed by atoms with Crippen LogP contribution in [-0.4, -0.2) is 42.3 Å². The van der Waals surface area contributed by atoms with Crippen molar-refractivity contribution in [3.8, 4) is 0 Å². The summed E-state index contributed by atoms with van der Waals surface area (Å²) >= 11 is 0. The number of aliphatic hydroxyl groups excluding tert-OH is 1. The van der Waals surface area contributed by atoms with Crippen LogP contribution in [0.15, 0.2) is 30.3 Å². The van der Waals surface area contributed by atoms with Crippen molar-refractivity contribution in [3.63, 3.8) is 0 Å². The topological polar surface area (TPSA) is 35.5 Å². The van der Waals surface area contributed by atoms with Gasteiger partial charge in [0, 0.05) is 25.7 Å². The summed E-state index contributed by atoms with van der Waals surface area (Å²) in [6.45, 7) is 6.34. The molecular weight excluding hydrogens is 224 g/mol. The van der Waals surface area contributed by atoms with Gasteiger partial charge in [0.05, 0.1) is 6.61 Å². The van der Waals surface area contributed by atoms with Gasteiger partial charge in [0.2, 0.25) is 0 Å². The van der Waals surface area contributed by atoms with Crippen LogP contribution in [0, 0.1) is 5.92 Å². The molecule has 2 N–H and O–H groups in total. The lowest BCUT2D eigenvalue weighted by Gasteiger charge is -2.31. The van der Waals surface area contributed by atoms with E-state index in [4.69, 9.17) is 0 Å². The van der Waals surface area contributed by atoms with Gasteiger partial charge in [-0.2, -0.15) is 0 Å². The van der Waals surface area contributed by atoms with Crippen molar-refractivity contribution in [2.45, 2.75) is 25.9 Å². The molecule has 1 aliphatic heterocycles. The van der Waals surface area contributed by atoms with Crippen molar-refractivity contribution in [1.82, 2.24) is 10.2 Å². The van der Waals surface area contributed by atoms with Gasteiger partial charge in [0.1, 0.15) is 0 Å². The summed E-state index contributed by atoms with van der Waals surface area (Å²) in [6.07, 6.45) is 1.20. The smallest absolute Gasteiger partial charge is 0.0558 e. The van der Waals surface area contributed by atoms with Crippen LogP contribution >= 0.6 is 0 Å². The molecule has 0 spiro atoms. The van der Waals surface area contributed by atoms with Crippen molar-refractivity contribution >= 4 is 0 Å². The molecule has 0 amide bonds. The molecule has 0 aromatic heterocycles. The van der Waals surface area contributed by atoms with E-state index in [0.717, 1.165) is 26.2 Å². The van der Waals surface area contributed by atoms with E-state index in [1.165, 1.54) is 12.0 Å². The van der Waals surface area contributed by atoms with Crippen LogP contribution in [0.2, 0.25) is 0 Å². The number of benzene rings is 1. The molecule has 1 saturated heterocycles. The largest absolute Gasteiger partial charge is 0.395 e. The molecule has 0 bridgehead atoms. The molecule has 3 heteroatoms. The minimum Gasteiger partial charge on any atom is -0.395 e. The Bertz CT molecular complexity index is 342. The van der Waals surface area contributed by atoms with Gasteiger partial charge < -0.3 is 10.4 Å². The summed E-state index contributed by atoms with van der Waals surface area (Å²) in [5, 5.41) is 12.7. The lowest BCUT2D eigenvalue weighted by atomic mass is 9.98. The summed E-state index contributed by atoms with van der Waals surface area (Å²) in [6, 6.07) is 11.1. The number of hydrogen-bond donors (Lipinski definition) is 2. The molecule has 1 aromatic rings. The van der Waals surface area contributed by atoms with Gasteiger partial charge in [-0.3, -0.25) is 4.90 Å². The third-order valence-electron chi connectivity index (χ3n) is 3.91. The molecular formula is C15H24N2O. The zero-order chi connectivity index (χ0) is 12.8. The van der Waals surface area contributed by atoms with Crippen LogP contribution in [0.3, 0.4) is 0 Å². The SMILES string of the molecule is CCC1CNCC1N(CCO)Cc1ccccc1. The van der Waals surface area contributed by atoms with Crippen LogP contribution in [-0.2, 0) is 6.54 Å². The summed E-state index contributed by atoms with van der Waals surface area (Å²) in [7, 11) is 0. The van der Waals surface area contributed by atoms with Crippen molar-refractivity contribution in [1.29, 1.82) is 0 Å². The van der Waals surface area contributed by atoms with E-state index in [1.807, 2.05) is 6.07 Å². The van der Waals surface area contributed by atoms with Crippen LogP contribution in [0.25, 0.3) is 0 Å². The van der Waals surface area contributed by atoms with Gasteiger partial charge in [0.15, 0.2) is 0 Å². The first-order valence-corrected chi connectivity index (χ1v) is 6.94. The second-order valence-corrected chi connectivity index (χ2v) is 5.07. The molecule has 0 aliphatic carbocycles. The highest BCUT2D eigenvalue weighted by Crippen LogP contribution is 2.20. The highest BCUT2D eigenvalue weighted by atomic mass is 16.3. The molecule has 3 nitrogen and oxygen atoms in total. The Labute approximate surface area is 110 Å². The summed E-state index contributed by atoms with van der Waals surface area (Å²) in [5.41, 5.74) is 1.33. The molecule has 2 rings (SSSR count). The minimum atomic E-state index is 0.236. The summed E-state index contributed by atoms with van der Waals surface area (Å²) in [4.78, 5) is 2.42. The average molecular weight is 248 g/mol. The Morgan fingerprint density at radius 1 is 1.28 bits per heavy atom. The van der Waals surface area contributed by atoms with Crippen molar-refractivity contribution in [3.05, 3.63) is 35.9 Å². The first-order chi connectivity index (χ1) is 8.85. The Morgan fingerprint density at radius 2 is 2.06 bits per heavy atom. The van der Waals surface area contributed by atoms with E-state index in [1.54, 1.807) is 0 Å². The molecule has 1 fully saturated rings. The second-order valence-electron chi connectivity index (χ2n) is 5.07. The predicted molar refractivity (Wildman–Crippen MR) is 74.4 cm³/mol. The number of rotatable bonds is 6. The van der Waals surface area contributed by atoms with Gasteiger partial charge in [-0.15, -0.1) is 0 Å². The van der Waals surface area contributed by atoms with Gasteiger partial charge in [-0.1, -0.05) is 43.7 Å². The van der Waals surface area contributed by atoms with Crippen LogP contribution in [0.4, 0.5) is 0 Å². The molecule has 1 aromatic carbocycles. The third kappa shape index (κ3) is 3.31. The maximum Gasteiger partial charge on any atom is 0.0558 e. The minimum absolute atomic E-state index is 0.236. The Kier molecular flexibility index (Phi) is 5.17. The highest BCUT2D eigenvalue weighted by molar-refractivity contribution is 5.14. The molecule has 2 unspecified atom stereocenters. The standard InChI is InChI=1S/C15H24N2O/c1-2-14-10-16-11-15(14)17(8-9-18)12-13-6-4-3-5-7-13/h3-7,14-16,18H,2,8-12H2,1H3. The maximum absolute atomic E-state index is 9.27. The van der Waals surface area contributed by atoms with E-state index in [9.17, 15) is 5.11 Å². The zero-order valence-electron chi connectivity index (χ0n) is 11.2. The number of hydrogen-bond acceptors (Lipinski definition) is 3. The molecule has 0 saturated carbocycles. The van der Waals surface area contributed by atoms with Crippen LogP contribution in [0.5, 0.6) is 0 Å². The first kappa shape index (κ1) is 13.5. The average Bonchev–Trinajstić information content (AvgIpc) is 2.87. The molecule has 1 heterocycles. The van der Waals surface area contributed by atoms with Gasteiger partial charge in [0.25, 0.3) is 0 Å². The van der Waals surface area contributed by atoms with Crippen molar-refractivity contribution in [2.75, 3.05) is 26.2 Å². The maximum atomic E-state index is 9.27. The summed E-state index contributed by atoms with van der Waals surface area (Å²) in [5.74, 6) is 0.709. The van der Waals surface area contributed by atoms with Gasteiger partial charge in [-0.25, -0.2) is 0 Å². The highest BCUT2D eigenvalue weighted by Gasteiger charge is 2.30. The Hall–Kier alpha value is -0.900. The molecule has 1 aliphatic rings. The normalized spacial score (nSPS) is 23.7. The second kappa shape index (κ2) is 6.88. The fraction of sp³-hybridized carbons (Fsp3) is 0.600. The van der Waals surface area contributed by atoms with E-state index in [0.29, 0.717) is 12.0 Å². The Morgan fingerprint density at radius 3 is 2.72 bits per heavy atom. The fourth-order valence-corrected chi connectivity index (χ4v) is 2.87. The Balaban J connectivity index is 2.03. The molecule has 2 atom stereocenters. The lowest BCUT2D eigenvalue weighted by molar-refractivity contribution is 0.126. The van der Waals surface area contributed by atoms with E-state index < -0.39 is 0 Å².